The number of hydrogen-bond acceptors (Lipinski definition) is 5. The average Bonchev–Trinajstić information content (AvgIpc) is 3.06. The third-order valence-corrected chi connectivity index (χ3v) is 3.70. The van der Waals surface area contributed by atoms with Gasteiger partial charge in [0.15, 0.2) is 5.82 Å². The van der Waals surface area contributed by atoms with Gasteiger partial charge in [0.25, 0.3) is 11.7 Å². The molecule has 11 heteroatoms. The van der Waals surface area contributed by atoms with E-state index in [1.165, 1.54) is 49.8 Å². The molecule has 3 rings (SSSR count). The summed E-state index contributed by atoms with van der Waals surface area (Å²) in [7, 11) is 1.40. The molecule has 0 aliphatic heterocycles. The molecule has 0 spiro atoms. The Bertz CT molecular complexity index is 976. The van der Waals surface area contributed by atoms with Crippen LogP contribution in [0.2, 0.25) is 5.02 Å². The molecule has 2 heterocycles. The van der Waals surface area contributed by atoms with Crippen LogP contribution in [0.15, 0.2) is 42.7 Å². The fourth-order valence-corrected chi connectivity index (χ4v) is 2.42. The zero-order valence-corrected chi connectivity index (χ0v) is 14.4. The number of alkyl halides is 3. The summed E-state index contributed by atoms with van der Waals surface area (Å²) in [6.07, 6.45) is -2.07. The molecule has 7 nitrogen and oxygen atoms in total. The number of carbonyl (C=O) groups excluding carboxylic acids is 1. The quantitative estimate of drug-likeness (QED) is 0.729. The number of benzene rings is 1. The Kier molecular flexibility index (Phi) is 5.00. The van der Waals surface area contributed by atoms with E-state index in [0.717, 1.165) is 0 Å². The molecule has 3 aromatic rings. The Labute approximate surface area is 155 Å². The molecule has 2 aromatic heterocycles. The summed E-state index contributed by atoms with van der Waals surface area (Å²) in [5.41, 5.74) is 2.60. The summed E-state index contributed by atoms with van der Waals surface area (Å²) in [4.78, 5) is 20.2. The monoisotopic (exact) mass is 397 g/mol. The first-order valence-electron chi connectivity index (χ1n) is 7.39. The average molecular weight is 398 g/mol. The maximum absolute atomic E-state index is 13.0. The lowest BCUT2D eigenvalue weighted by Gasteiger charge is -2.09. The van der Waals surface area contributed by atoms with Crippen LogP contribution >= 0.6 is 11.6 Å². The minimum atomic E-state index is -4.80. The van der Waals surface area contributed by atoms with Gasteiger partial charge in [-0.1, -0.05) is 11.6 Å². The van der Waals surface area contributed by atoms with Crippen molar-refractivity contribution in [2.45, 2.75) is 6.18 Å². The fourth-order valence-electron chi connectivity index (χ4n) is 2.16. The zero-order chi connectivity index (χ0) is 19.6. The number of aromatic nitrogens is 4. The Morgan fingerprint density at radius 1 is 1.30 bits per heavy atom. The molecule has 27 heavy (non-hydrogen) atoms. The van der Waals surface area contributed by atoms with Crippen LogP contribution in [0.4, 0.5) is 13.2 Å². The number of nitrogens with zero attached hydrogens (tertiary/aromatic N) is 4. The number of nitrogens with one attached hydrogen (secondary N) is 1. The molecule has 1 aromatic carbocycles. The third kappa shape index (κ3) is 4.00. The summed E-state index contributed by atoms with van der Waals surface area (Å²) < 4.78 is 44.2. The Balaban J connectivity index is 2.03. The highest BCUT2D eigenvalue weighted by molar-refractivity contribution is 6.32. The van der Waals surface area contributed by atoms with E-state index in [-0.39, 0.29) is 22.0 Å². The topological polar surface area (TPSA) is 81.9 Å². The first-order chi connectivity index (χ1) is 12.8. The highest BCUT2D eigenvalue weighted by Gasteiger charge is 2.37. The lowest BCUT2D eigenvalue weighted by atomic mass is 10.2. The molecule has 0 saturated carbocycles. The second kappa shape index (κ2) is 7.23. The summed E-state index contributed by atoms with van der Waals surface area (Å²) >= 11 is 6.03. The predicted molar refractivity (Wildman–Crippen MR) is 90.0 cm³/mol. The molecule has 0 radical (unpaired) electrons. The van der Waals surface area contributed by atoms with Gasteiger partial charge in [-0.05, 0) is 30.3 Å². The van der Waals surface area contributed by atoms with Gasteiger partial charge in [-0.3, -0.25) is 9.78 Å². The Morgan fingerprint density at radius 3 is 2.67 bits per heavy atom. The number of methoxy groups -OCH3 is 1. The molecular formula is C16H11ClF3N5O2. The van der Waals surface area contributed by atoms with Gasteiger partial charge in [0, 0.05) is 18.0 Å². The maximum atomic E-state index is 13.0. The van der Waals surface area contributed by atoms with E-state index in [9.17, 15) is 18.0 Å². The molecule has 0 saturated heterocycles. The van der Waals surface area contributed by atoms with E-state index in [2.05, 4.69) is 20.5 Å². The summed E-state index contributed by atoms with van der Waals surface area (Å²) in [6.45, 7) is 0. The number of halogens is 4. The van der Waals surface area contributed by atoms with Crippen LogP contribution in [0.25, 0.3) is 11.4 Å². The largest absolute Gasteiger partial charge is 0.495 e. The predicted octanol–water partition coefficient (Wildman–Crippen LogP) is 3.40. The van der Waals surface area contributed by atoms with Crippen molar-refractivity contribution >= 4 is 17.5 Å². The van der Waals surface area contributed by atoms with Gasteiger partial charge in [0.1, 0.15) is 5.75 Å². The normalized spacial score (nSPS) is 11.3. The van der Waals surface area contributed by atoms with Crippen LogP contribution in [-0.4, -0.2) is 32.9 Å². The summed E-state index contributed by atoms with van der Waals surface area (Å²) in [6, 6.07) is 7.24. The molecule has 1 amide bonds. The van der Waals surface area contributed by atoms with E-state index in [4.69, 9.17) is 16.3 Å². The molecule has 0 aliphatic carbocycles. The minimum Gasteiger partial charge on any atom is -0.495 e. The van der Waals surface area contributed by atoms with Crippen LogP contribution in [0.3, 0.4) is 0 Å². The number of amides is 1. The summed E-state index contributed by atoms with van der Waals surface area (Å²) in [5, 5.41) is 3.51. The van der Waals surface area contributed by atoms with Crippen molar-refractivity contribution < 1.29 is 22.7 Å². The fraction of sp³-hybridized carbons (Fsp3) is 0.125. The standard InChI is InChI=1S/C16H11ClF3N5O2/c1-27-12-5-4-9(7-11(12)17)13-22-15(16(18,19)20)24-25(13)23-14(26)10-3-2-6-21-8-10/h2-8H,1H3,(H,23,26). The zero-order valence-electron chi connectivity index (χ0n) is 13.7. The Morgan fingerprint density at radius 2 is 2.07 bits per heavy atom. The highest BCUT2D eigenvalue weighted by Crippen LogP contribution is 2.32. The molecule has 0 fully saturated rings. The van der Waals surface area contributed by atoms with Gasteiger partial charge in [-0.2, -0.15) is 18.0 Å². The van der Waals surface area contributed by atoms with Gasteiger partial charge >= 0.3 is 6.18 Å². The van der Waals surface area contributed by atoms with E-state index in [1.54, 1.807) is 0 Å². The lowest BCUT2D eigenvalue weighted by Crippen LogP contribution is -2.25. The first-order valence-corrected chi connectivity index (χ1v) is 7.77. The minimum absolute atomic E-state index is 0.139. The van der Waals surface area contributed by atoms with Crippen molar-refractivity contribution in [2.75, 3.05) is 12.5 Å². The van der Waals surface area contributed by atoms with Gasteiger partial charge in [-0.15, -0.1) is 5.10 Å². The Hall–Kier alpha value is -3.14. The molecule has 1 N–H and O–H groups in total. The molecule has 0 unspecified atom stereocenters. The van der Waals surface area contributed by atoms with Crippen LogP contribution in [0.1, 0.15) is 16.2 Å². The van der Waals surface area contributed by atoms with Crippen molar-refractivity contribution in [1.29, 1.82) is 0 Å². The third-order valence-electron chi connectivity index (χ3n) is 3.40. The van der Waals surface area contributed by atoms with Crippen LogP contribution in [0.5, 0.6) is 5.75 Å². The van der Waals surface area contributed by atoms with Gasteiger partial charge < -0.3 is 4.74 Å². The maximum Gasteiger partial charge on any atom is 0.453 e. The van der Waals surface area contributed by atoms with Gasteiger partial charge in [-0.25, -0.2) is 10.4 Å². The molecule has 140 valence electrons. The van der Waals surface area contributed by atoms with Crippen molar-refractivity contribution in [2.24, 2.45) is 0 Å². The number of pyridine rings is 1. The molecular weight excluding hydrogens is 387 g/mol. The van der Waals surface area contributed by atoms with Crippen molar-refractivity contribution in [3.05, 3.63) is 59.1 Å². The number of rotatable bonds is 4. The van der Waals surface area contributed by atoms with Crippen LogP contribution in [0, 0.1) is 0 Å². The number of ether oxygens (including phenoxy) is 1. The smallest absolute Gasteiger partial charge is 0.453 e. The van der Waals surface area contributed by atoms with Crippen molar-refractivity contribution in [3.8, 4) is 17.1 Å². The second-order valence-electron chi connectivity index (χ2n) is 5.20. The number of carbonyl (C=O) groups is 1. The second-order valence-corrected chi connectivity index (χ2v) is 5.61. The van der Waals surface area contributed by atoms with Crippen molar-refractivity contribution in [3.63, 3.8) is 0 Å². The highest BCUT2D eigenvalue weighted by atomic mass is 35.5. The SMILES string of the molecule is COc1ccc(-c2nc(C(F)(F)F)nn2NC(=O)c2cccnc2)cc1Cl. The van der Waals surface area contributed by atoms with Crippen LogP contribution in [-0.2, 0) is 6.18 Å². The molecule has 0 atom stereocenters. The van der Waals surface area contributed by atoms with Gasteiger partial charge in [0.05, 0.1) is 17.7 Å². The molecule has 0 bridgehead atoms. The van der Waals surface area contributed by atoms with E-state index >= 15 is 0 Å². The van der Waals surface area contributed by atoms with E-state index < -0.39 is 17.9 Å². The number of hydrogen-bond donors (Lipinski definition) is 1. The lowest BCUT2D eigenvalue weighted by molar-refractivity contribution is -0.144. The van der Waals surface area contributed by atoms with Crippen LogP contribution < -0.4 is 10.2 Å². The first kappa shape index (κ1) is 18.6. The van der Waals surface area contributed by atoms with E-state index in [0.29, 0.717) is 10.5 Å². The van der Waals surface area contributed by atoms with E-state index in [1.807, 2.05) is 0 Å². The van der Waals surface area contributed by atoms with Crippen molar-refractivity contribution in [1.82, 2.24) is 19.9 Å². The van der Waals surface area contributed by atoms with Gasteiger partial charge in [0.2, 0.25) is 0 Å². The molecule has 0 aliphatic rings. The summed E-state index contributed by atoms with van der Waals surface area (Å²) in [5.74, 6) is -2.02.